The predicted molar refractivity (Wildman–Crippen MR) is 111 cm³/mol. The molecule has 1 atom stereocenters. The predicted octanol–water partition coefficient (Wildman–Crippen LogP) is 3.96. The van der Waals surface area contributed by atoms with Crippen molar-refractivity contribution in [3.8, 4) is 5.75 Å². The minimum Gasteiger partial charge on any atom is -0.496 e. The lowest BCUT2D eigenvalue weighted by Crippen LogP contribution is -2.30. The standard InChI is InChI=1S/C23H25N3O3/c1-23(2,3)21-18-19(24-25-21)22(28)26(15-11-9-14(13-27)10-12-15)20(18)16-7-5-6-8-17(16)29-4/h5-12,20,27H,13H2,1-4H3,(H,24,25)/t20-/m1/s1. The van der Waals surface area contributed by atoms with Gasteiger partial charge in [-0.25, -0.2) is 0 Å². The van der Waals surface area contributed by atoms with Crippen molar-refractivity contribution >= 4 is 11.6 Å². The zero-order chi connectivity index (χ0) is 20.8. The van der Waals surface area contributed by atoms with Crippen molar-refractivity contribution in [1.82, 2.24) is 10.2 Å². The van der Waals surface area contributed by atoms with Gasteiger partial charge in [0.25, 0.3) is 5.91 Å². The van der Waals surface area contributed by atoms with Crippen LogP contribution in [0.1, 0.15) is 59.7 Å². The first kappa shape index (κ1) is 19.2. The molecule has 0 bridgehead atoms. The molecule has 0 radical (unpaired) electrons. The average molecular weight is 391 g/mol. The molecule has 2 N–H and O–H groups in total. The summed E-state index contributed by atoms with van der Waals surface area (Å²) in [7, 11) is 1.64. The molecule has 1 aliphatic rings. The number of H-pyrrole nitrogens is 1. The van der Waals surface area contributed by atoms with Crippen LogP contribution in [0.25, 0.3) is 0 Å². The molecule has 0 spiro atoms. The summed E-state index contributed by atoms with van der Waals surface area (Å²) in [5.41, 5.74) is 4.50. The Balaban J connectivity index is 1.95. The number of rotatable bonds is 4. The topological polar surface area (TPSA) is 78.5 Å². The van der Waals surface area contributed by atoms with E-state index in [0.717, 1.165) is 33.8 Å². The van der Waals surface area contributed by atoms with Crippen molar-refractivity contribution in [2.24, 2.45) is 0 Å². The molecule has 0 unspecified atom stereocenters. The van der Waals surface area contributed by atoms with Gasteiger partial charge in [-0.05, 0) is 23.8 Å². The molecule has 3 aromatic rings. The van der Waals surface area contributed by atoms with Gasteiger partial charge in [0.15, 0.2) is 5.69 Å². The van der Waals surface area contributed by atoms with Gasteiger partial charge in [-0.2, -0.15) is 5.10 Å². The van der Waals surface area contributed by atoms with E-state index in [0.29, 0.717) is 5.69 Å². The molecule has 0 saturated heterocycles. The number of para-hydroxylation sites is 1. The zero-order valence-electron chi connectivity index (χ0n) is 17.1. The van der Waals surface area contributed by atoms with Crippen molar-refractivity contribution in [3.63, 3.8) is 0 Å². The summed E-state index contributed by atoms with van der Waals surface area (Å²) in [5.74, 6) is 0.565. The first-order chi connectivity index (χ1) is 13.9. The first-order valence-electron chi connectivity index (χ1n) is 9.61. The highest BCUT2D eigenvalue weighted by molar-refractivity contribution is 6.10. The van der Waals surface area contributed by atoms with E-state index in [4.69, 9.17) is 4.74 Å². The summed E-state index contributed by atoms with van der Waals surface area (Å²) < 4.78 is 5.63. The molecule has 4 rings (SSSR count). The summed E-state index contributed by atoms with van der Waals surface area (Å²) >= 11 is 0. The molecule has 6 heteroatoms. The Morgan fingerprint density at radius 1 is 1.14 bits per heavy atom. The largest absolute Gasteiger partial charge is 0.496 e. The molecule has 1 aliphatic heterocycles. The van der Waals surface area contributed by atoms with E-state index in [1.165, 1.54) is 0 Å². The van der Waals surface area contributed by atoms with Crippen LogP contribution in [-0.2, 0) is 12.0 Å². The highest BCUT2D eigenvalue weighted by Crippen LogP contribution is 2.47. The lowest BCUT2D eigenvalue weighted by atomic mass is 9.85. The molecule has 1 aromatic heterocycles. The summed E-state index contributed by atoms with van der Waals surface area (Å²) in [6.45, 7) is 6.26. The number of aliphatic hydroxyl groups is 1. The molecular formula is C23H25N3O3. The maximum atomic E-state index is 13.4. The third-order valence-corrected chi connectivity index (χ3v) is 5.34. The molecule has 29 heavy (non-hydrogen) atoms. The highest BCUT2D eigenvalue weighted by Gasteiger charge is 2.45. The number of aromatic amines is 1. The van der Waals surface area contributed by atoms with Gasteiger partial charge in [-0.1, -0.05) is 51.1 Å². The van der Waals surface area contributed by atoms with Crippen LogP contribution in [0.5, 0.6) is 5.75 Å². The van der Waals surface area contributed by atoms with Crippen molar-refractivity contribution in [3.05, 3.63) is 76.6 Å². The number of ether oxygens (including phenoxy) is 1. The second kappa shape index (κ2) is 7.04. The van der Waals surface area contributed by atoms with Crippen LogP contribution in [0, 0.1) is 0 Å². The summed E-state index contributed by atoms with van der Waals surface area (Å²) in [4.78, 5) is 15.2. The van der Waals surface area contributed by atoms with Crippen LogP contribution in [0.4, 0.5) is 5.69 Å². The van der Waals surface area contributed by atoms with Gasteiger partial charge in [-0.3, -0.25) is 14.8 Å². The van der Waals surface area contributed by atoms with E-state index in [1.807, 2.05) is 48.5 Å². The second-order valence-corrected chi connectivity index (χ2v) is 8.26. The summed E-state index contributed by atoms with van der Waals surface area (Å²) in [6.07, 6.45) is 0. The lowest BCUT2D eigenvalue weighted by Gasteiger charge is -2.29. The normalized spacial score (nSPS) is 16.2. The molecule has 6 nitrogen and oxygen atoms in total. The minimum atomic E-state index is -0.360. The molecule has 2 heterocycles. The molecule has 0 saturated carbocycles. The van der Waals surface area contributed by atoms with E-state index in [9.17, 15) is 9.90 Å². The van der Waals surface area contributed by atoms with Crippen LogP contribution in [0.2, 0.25) is 0 Å². The maximum Gasteiger partial charge on any atom is 0.280 e. The van der Waals surface area contributed by atoms with E-state index in [1.54, 1.807) is 12.0 Å². The average Bonchev–Trinajstić information content (AvgIpc) is 3.27. The Kier molecular flexibility index (Phi) is 4.67. The maximum absolute atomic E-state index is 13.4. The van der Waals surface area contributed by atoms with E-state index in [-0.39, 0.29) is 24.0 Å². The number of amides is 1. The molecule has 1 amide bonds. The number of carbonyl (C=O) groups excluding carboxylic acids is 1. The second-order valence-electron chi connectivity index (χ2n) is 8.26. The smallest absolute Gasteiger partial charge is 0.280 e. The fraction of sp³-hybridized carbons (Fsp3) is 0.304. The summed E-state index contributed by atoms with van der Waals surface area (Å²) in [5, 5.41) is 16.9. The fourth-order valence-corrected chi connectivity index (χ4v) is 3.93. The quantitative estimate of drug-likeness (QED) is 0.706. The number of hydrogen-bond acceptors (Lipinski definition) is 4. The zero-order valence-corrected chi connectivity index (χ0v) is 17.1. The Bertz CT molecular complexity index is 1050. The van der Waals surface area contributed by atoms with E-state index < -0.39 is 0 Å². The molecule has 2 aromatic carbocycles. The number of nitrogens with zero attached hydrogens (tertiary/aromatic N) is 2. The molecule has 0 fully saturated rings. The highest BCUT2D eigenvalue weighted by atomic mass is 16.5. The summed E-state index contributed by atoms with van der Waals surface area (Å²) in [6, 6.07) is 14.8. The van der Waals surface area contributed by atoms with Crippen LogP contribution in [0.15, 0.2) is 48.5 Å². The van der Waals surface area contributed by atoms with Gasteiger partial charge in [0, 0.05) is 27.9 Å². The van der Waals surface area contributed by atoms with Crippen LogP contribution in [0.3, 0.4) is 0 Å². The number of hydrogen-bond donors (Lipinski definition) is 2. The van der Waals surface area contributed by atoms with E-state index in [2.05, 4.69) is 31.0 Å². The lowest BCUT2D eigenvalue weighted by molar-refractivity contribution is 0.0988. The van der Waals surface area contributed by atoms with Crippen LogP contribution >= 0.6 is 0 Å². The number of anilines is 1. The van der Waals surface area contributed by atoms with Gasteiger partial charge in [0.05, 0.1) is 19.8 Å². The van der Waals surface area contributed by atoms with Crippen molar-refractivity contribution < 1.29 is 14.6 Å². The van der Waals surface area contributed by atoms with Gasteiger partial charge in [-0.15, -0.1) is 0 Å². The Morgan fingerprint density at radius 2 is 1.83 bits per heavy atom. The number of aromatic nitrogens is 2. The Hall–Kier alpha value is -3.12. The first-order valence-corrected chi connectivity index (χ1v) is 9.61. The molecule has 0 aliphatic carbocycles. The van der Waals surface area contributed by atoms with Crippen LogP contribution in [-0.4, -0.2) is 28.3 Å². The fourth-order valence-electron chi connectivity index (χ4n) is 3.93. The van der Waals surface area contributed by atoms with Crippen molar-refractivity contribution in [2.75, 3.05) is 12.0 Å². The van der Waals surface area contributed by atoms with Crippen LogP contribution < -0.4 is 9.64 Å². The number of benzene rings is 2. The van der Waals surface area contributed by atoms with Crippen molar-refractivity contribution in [2.45, 2.75) is 38.8 Å². The minimum absolute atomic E-state index is 0.0416. The number of nitrogens with one attached hydrogen (secondary N) is 1. The number of methoxy groups -OCH3 is 1. The molecular weight excluding hydrogens is 366 g/mol. The third-order valence-electron chi connectivity index (χ3n) is 5.34. The SMILES string of the molecule is COc1ccccc1[C@@H]1c2c(n[nH]c2C(C)(C)C)C(=O)N1c1ccc(CO)cc1. The number of aliphatic hydroxyl groups excluding tert-OH is 1. The Labute approximate surface area is 170 Å². The van der Waals surface area contributed by atoms with Gasteiger partial charge in [0.2, 0.25) is 0 Å². The van der Waals surface area contributed by atoms with Crippen molar-refractivity contribution in [1.29, 1.82) is 0 Å². The van der Waals surface area contributed by atoms with Gasteiger partial charge in [0.1, 0.15) is 5.75 Å². The number of carbonyl (C=O) groups is 1. The monoisotopic (exact) mass is 391 g/mol. The third kappa shape index (κ3) is 3.09. The van der Waals surface area contributed by atoms with Gasteiger partial charge < -0.3 is 9.84 Å². The van der Waals surface area contributed by atoms with Gasteiger partial charge >= 0.3 is 0 Å². The van der Waals surface area contributed by atoms with E-state index >= 15 is 0 Å². The number of fused-ring (bicyclic) bond motifs is 1. The Morgan fingerprint density at radius 3 is 2.45 bits per heavy atom. The molecule has 150 valence electrons.